The Morgan fingerprint density at radius 3 is 2.58 bits per heavy atom. The number of hydrogen-bond acceptors (Lipinski definition) is 2. The lowest BCUT2D eigenvalue weighted by Crippen LogP contribution is -2.14. The van der Waals surface area contributed by atoms with Gasteiger partial charge in [0.1, 0.15) is 0 Å². The molecule has 4 heteroatoms. The summed E-state index contributed by atoms with van der Waals surface area (Å²) in [5.74, 6) is 0.620. The van der Waals surface area contributed by atoms with Gasteiger partial charge in [-0.05, 0) is 31.2 Å². The molecular formula is C15H13N3O. The normalized spacial score (nSPS) is 10.6. The number of para-hydroxylation sites is 1. The number of amides is 1. The highest BCUT2D eigenvalue weighted by Crippen LogP contribution is 2.28. The molecular weight excluding hydrogens is 238 g/mol. The quantitative estimate of drug-likeness (QED) is 0.727. The van der Waals surface area contributed by atoms with E-state index in [4.69, 9.17) is 0 Å². The largest absolute Gasteiger partial charge is 0.278 e. The molecule has 3 rings (SSSR count). The van der Waals surface area contributed by atoms with Crippen molar-refractivity contribution in [1.82, 2.24) is 10.2 Å². The molecule has 0 atom stereocenters. The molecule has 3 aromatic rings. The molecule has 1 N–H and O–H groups in total. The number of H-pyrrole nitrogens is 1. The second kappa shape index (κ2) is 4.57. The van der Waals surface area contributed by atoms with Crippen LogP contribution in [-0.4, -0.2) is 16.6 Å². The van der Waals surface area contributed by atoms with Crippen LogP contribution in [0.15, 0.2) is 48.5 Å². The Labute approximate surface area is 110 Å². The van der Waals surface area contributed by atoms with Gasteiger partial charge in [0.2, 0.25) is 6.41 Å². The Hall–Kier alpha value is -2.62. The fraction of sp³-hybridized carbons (Fsp3) is 0.0667. The molecule has 0 aliphatic rings. The number of carbonyl (C=O) groups is 1. The number of aromatic nitrogens is 2. The van der Waals surface area contributed by atoms with Crippen molar-refractivity contribution in [3.8, 4) is 0 Å². The maximum absolute atomic E-state index is 11.4. The van der Waals surface area contributed by atoms with E-state index >= 15 is 0 Å². The summed E-state index contributed by atoms with van der Waals surface area (Å²) in [6, 6.07) is 15.5. The smallest absolute Gasteiger partial charge is 0.219 e. The van der Waals surface area contributed by atoms with Gasteiger partial charge in [0.25, 0.3) is 0 Å². The molecule has 1 aromatic heterocycles. The van der Waals surface area contributed by atoms with Crippen molar-refractivity contribution >= 4 is 28.8 Å². The molecule has 4 nitrogen and oxygen atoms in total. The van der Waals surface area contributed by atoms with Crippen LogP contribution in [-0.2, 0) is 4.79 Å². The number of rotatable bonds is 3. The summed E-state index contributed by atoms with van der Waals surface area (Å²) >= 11 is 0. The molecule has 19 heavy (non-hydrogen) atoms. The van der Waals surface area contributed by atoms with Crippen LogP contribution in [0.1, 0.15) is 5.56 Å². The topological polar surface area (TPSA) is 49.0 Å². The molecule has 94 valence electrons. The van der Waals surface area contributed by atoms with Crippen LogP contribution in [0.3, 0.4) is 0 Å². The maximum Gasteiger partial charge on any atom is 0.219 e. The first kappa shape index (κ1) is 11.5. The first-order valence-corrected chi connectivity index (χ1v) is 6.04. The van der Waals surface area contributed by atoms with Crippen LogP contribution in [0.5, 0.6) is 0 Å². The van der Waals surface area contributed by atoms with Crippen LogP contribution in [0.2, 0.25) is 0 Å². The summed E-state index contributed by atoms with van der Waals surface area (Å²) in [6.45, 7) is 2.01. The lowest BCUT2D eigenvalue weighted by molar-refractivity contribution is -0.106. The van der Waals surface area contributed by atoms with Crippen molar-refractivity contribution in [2.24, 2.45) is 0 Å². The molecule has 0 bridgehead atoms. The van der Waals surface area contributed by atoms with Gasteiger partial charge in [-0.2, -0.15) is 5.10 Å². The molecule has 2 aromatic carbocycles. The number of fused-ring (bicyclic) bond motifs is 1. The minimum Gasteiger partial charge on any atom is -0.278 e. The minimum atomic E-state index is 0.620. The zero-order chi connectivity index (χ0) is 13.2. The van der Waals surface area contributed by atoms with Gasteiger partial charge in [-0.15, -0.1) is 0 Å². The predicted molar refractivity (Wildman–Crippen MR) is 75.5 cm³/mol. The van der Waals surface area contributed by atoms with E-state index in [2.05, 4.69) is 10.2 Å². The number of nitrogens with one attached hydrogen (secondary N) is 1. The van der Waals surface area contributed by atoms with E-state index in [1.54, 1.807) is 0 Å². The van der Waals surface area contributed by atoms with Gasteiger partial charge in [0.05, 0.1) is 11.2 Å². The van der Waals surface area contributed by atoms with Crippen LogP contribution in [0.25, 0.3) is 10.9 Å². The number of nitrogens with zero attached hydrogens (tertiary/aromatic N) is 2. The molecule has 0 aliphatic carbocycles. The van der Waals surface area contributed by atoms with Crippen LogP contribution < -0.4 is 4.90 Å². The minimum absolute atomic E-state index is 0.620. The average molecular weight is 251 g/mol. The molecule has 0 saturated carbocycles. The van der Waals surface area contributed by atoms with E-state index in [0.717, 1.165) is 28.6 Å². The number of aryl methyl sites for hydroxylation is 1. The van der Waals surface area contributed by atoms with Crippen molar-refractivity contribution in [1.29, 1.82) is 0 Å². The molecule has 0 spiro atoms. The maximum atomic E-state index is 11.4. The number of aromatic amines is 1. The van der Waals surface area contributed by atoms with Crippen molar-refractivity contribution in [3.63, 3.8) is 0 Å². The Kier molecular flexibility index (Phi) is 2.76. The van der Waals surface area contributed by atoms with Gasteiger partial charge in [-0.3, -0.25) is 14.8 Å². The number of anilines is 2. The summed E-state index contributed by atoms with van der Waals surface area (Å²) in [4.78, 5) is 12.9. The van der Waals surface area contributed by atoms with Crippen LogP contribution >= 0.6 is 0 Å². The summed E-state index contributed by atoms with van der Waals surface area (Å²) in [5.41, 5.74) is 2.87. The third kappa shape index (κ3) is 1.97. The van der Waals surface area contributed by atoms with Crippen molar-refractivity contribution in [3.05, 3.63) is 54.1 Å². The molecule has 0 radical (unpaired) electrons. The third-order valence-corrected chi connectivity index (χ3v) is 3.10. The first-order valence-electron chi connectivity index (χ1n) is 6.04. The fourth-order valence-electron chi connectivity index (χ4n) is 2.07. The second-order valence-electron chi connectivity index (χ2n) is 4.40. The zero-order valence-electron chi connectivity index (χ0n) is 10.5. The molecule has 0 aliphatic heterocycles. The van der Waals surface area contributed by atoms with Crippen molar-refractivity contribution in [2.45, 2.75) is 6.92 Å². The van der Waals surface area contributed by atoms with Gasteiger partial charge < -0.3 is 0 Å². The monoisotopic (exact) mass is 251 g/mol. The summed E-state index contributed by atoms with van der Waals surface area (Å²) in [5, 5.41) is 8.09. The second-order valence-corrected chi connectivity index (χ2v) is 4.40. The molecule has 0 saturated heterocycles. The molecule has 1 heterocycles. The van der Waals surface area contributed by atoms with Crippen molar-refractivity contribution < 1.29 is 4.79 Å². The lowest BCUT2D eigenvalue weighted by Gasteiger charge is -2.15. The zero-order valence-corrected chi connectivity index (χ0v) is 10.5. The first-order chi connectivity index (χ1) is 9.29. The number of hydrogen-bond donors (Lipinski definition) is 1. The van der Waals surface area contributed by atoms with Crippen LogP contribution in [0.4, 0.5) is 11.5 Å². The highest BCUT2D eigenvalue weighted by Gasteiger charge is 2.14. The third-order valence-electron chi connectivity index (χ3n) is 3.10. The number of carbonyl (C=O) groups excluding carboxylic acids is 1. The van der Waals surface area contributed by atoms with E-state index in [9.17, 15) is 4.79 Å². The van der Waals surface area contributed by atoms with Gasteiger partial charge in [-0.25, -0.2) is 0 Å². The van der Waals surface area contributed by atoms with E-state index in [1.807, 2.05) is 55.5 Å². The van der Waals surface area contributed by atoms with E-state index < -0.39 is 0 Å². The predicted octanol–water partition coefficient (Wildman–Crippen LogP) is 3.17. The molecule has 1 amide bonds. The summed E-state index contributed by atoms with van der Waals surface area (Å²) in [6.07, 6.45) is 0.785. The van der Waals surface area contributed by atoms with Gasteiger partial charge in [0, 0.05) is 5.39 Å². The summed E-state index contributed by atoms with van der Waals surface area (Å²) in [7, 11) is 0. The van der Waals surface area contributed by atoms with Crippen LogP contribution in [0, 0.1) is 6.92 Å². The van der Waals surface area contributed by atoms with Gasteiger partial charge in [-0.1, -0.05) is 29.8 Å². The number of benzene rings is 2. The SMILES string of the molecule is Cc1ccc(N(C=O)c2n[nH]c3ccccc23)cc1. The Morgan fingerprint density at radius 2 is 1.84 bits per heavy atom. The average Bonchev–Trinajstić information content (AvgIpc) is 2.86. The van der Waals surface area contributed by atoms with Crippen molar-refractivity contribution in [2.75, 3.05) is 4.90 Å². The van der Waals surface area contributed by atoms with E-state index in [0.29, 0.717) is 5.82 Å². The standard InChI is InChI=1S/C15H13N3O/c1-11-6-8-12(9-7-11)18(10-19)15-13-4-2-3-5-14(13)16-17-15/h2-10H,1H3,(H,16,17). The van der Waals surface area contributed by atoms with Gasteiger partial charge in [0.15, 0.2) is 5.82 Å². The Balaban J connectivity index is 2.12. The lowest BCUT2D eigenvalue weighted by atomic mass is 10.2. The summed E-state index contributed by atoms with van der Waals surface area (Å²) < 4.78 is 0. The van der Waals surface area contributed by atoms with E-state index in [1.165, 1.54) is 4.90 Å². The highest BCUT2D eigenvalue weighted by atomic mass is 16.1. The Morgan fingerprint density at radius 1 is 1.11 bits per heavy atom. The Bertz CT molecular complexity index is 716. The molecule has 0 unspecified atom stereocenters. The highest BCUT2D eigenvalue weighted by molar-refractivity contribution is 5.99. The molecule has 0 fully saturated rings. The van der Waals surface area contributed by atoms with E-state index in [-0.39, 0.29) is 0 Å². The van der Waals surface area contributed by atoms with Gasteiger partial charge >= 0.3 is 0 Å². The fourth-order valence-corrected chi connectivity index (χ4v) is 2.07.